The fourth-order valence-corrected chi connectivity index (χ4v) is 3.46. The monoisotopic (exact) mass is 320 g/mol. The van der Waals surface area contributed by atoms with Gasteiger partial charge in [-0.2, -0.15) is 4.98 Å². The number of nitrogens with zero attached hydrogens (tertiary/aromatic N) is 4. The summed E-state index contributed by atoms with van der Waals surface area (Å²) in [7, 11) is 0. The summed E-state index contributed by atoms with van der Waals surface area (Å²) >= 11 is 1.84. The van der Waals surface area contributed by atoms with Crippen molar-refractivity contribution in [3.63, 3.8) is 0 Å². The van der Waals surface area contributed by atoms with Crippen LogP contribution in [0.4, 0.5) is 0 Å². The molecule has 1 aliphatic rings. The van der Waals surface area contributed by atoms with Gasteiger partial charge in [0.05, 0.1) is 6.54 Å². The number of hydrogen-bond donors (Lipinski definition) is 0. The fourth-order valence-electron chi connectivity index (χ4n) is 2.71. The Morgan fingerprint density at radius 1 is 1.18 bits per heavy atom. The molecule has 1 saturated heterocycles. The molecule has 0 amide bonds. The van der Waals surface area contributed by atoms with Gasteiger partial charge < -0.3 is 4.52 Å². The maximum atomic E-state index is 5.36. The van der Waals surface area contributed by atoms with Crippen LogP contribution < -0.4 is 0 Å². The third kappa shape index (κ3) is 4.38. The summed E-state index contributed by atoms with van der Waals surface area (Å²) in [5.41, 5.74) is 0. The zero-order valence-corrected chi connectivity index (χ0v) is 14.0. The van der Waals surface area contributed by atoms with Crippen LogP contribution in [0.5, 0.6) is 0 Å². The highest BCUT2D eigenvalue weighted by atomic mass is 32.1. The molecule has 3 heterocycles. The van der Waals surface area contributed by atoms with Crippen LogP contribution in [0, 0.1) is 0 Å². The number of hydrogen-bond acceptors (Lipinski definition) is 6. The molecule has 0 bridgehead atoms. The van der Waals surface area contributed by atoms with E-state index in [-0.39, 0.29) is 0 Å². The summed E-state index contributed by atoms with van der Waals surface area (Å²) < 4.78 is 5.36. The minimum atomic E-state index is 0.762. The minimum Gasteiger partial charge on any atom is -0.338 e. The van der Waals surface area contributed by atoms with Crippen LogP contribution in [0.2, 0.25) is 0 Å². The zero-order valence-electron chi connectivity index (χ0n) is 13.2. The average molecular weight is 320 g/mol. The predicted octanol–water partition coefficient (Wildman–Crippen LogP) is 2.79. The Labute approximate surface area is 135 Å². The molecule has 1 fully saturated rings. The van der Waals surface area contributed by atoms with E-state index in [1.54, 1.807) is 0 Å². The van der Waals surface area contributed by atoms with Crippen LogP contribution in [0.15, 0.2) is 22.0 Å². The van der Waals surface area contributed by atoms with Gasteiger partial charge in [-0.1, -0.05) is 24.6 Å². The molecule has 0 spiro atoms. The van der Waals surface area contributed by atoms with Gasteiger partial charge in [-0.15, -0.1) is 11.3 Å². The Morgan fingerprint density at radius 3 is 2.64 bits per heavy atom. The summed E-state index contributed by atoms with van der Waals surface area (Å²) in [4.78, 5) is 10.9. The van der Waals surface area contributed by atoms with Gasteiger partial charge in [0, 0.05) is 44.0 Å². The van der Waals surface area contributed by atoms with Crippen molar-refractivity contribution in [3.8, 4) is 0 Å². The van der Waals surface area contributed by atoms with E-state index in [1.165, 1.54) is 4.88 Å². The highest BCUT2D eigenvalue weighted by Crippen LogP contribution is 2.14. The van der Waals surface area contributed by atoms with Crippen molar-refractivity contribution in [2.45, 2.75) is 39.3 Å². The summed E-state index contributed by atoms with van der Waals surface area (Å²) in [5.74, 6) is 1.62. The van der Waals surface area contributed by atoms with Crippen molar-refractivity contribution in [1.29, 1.82) is 0 Å². The number of aromatic nitrogens is 2. The highest BCUT2D eigenvalue weighted by Gasteiger charge is 2.19. The minimum absolute atomic E-state index is 0.762. The second kappa shape index (κ2) is 7.85. The van der Waals surface area contributed by atoms with Crippen LogP contribution in [0.3, 0.4) is 0 Å². The molecule has 0 radical (unpaired) electrons. The fraction of sp³-hybridized carbons (Fsp3) is 0.625. The molecule has 0 aliphatic carbocycles. The first-order valence-electron chi connectivity index (χ1n) is 8.12. The van der Waals surface area contributed by atoms with Crippen LogP contribution in [0.25, 0.3) is 0 Å². The van der Waals surface area contributed by atoms with Crippen LogP contribution >= 0.6 is 11.3 Å². The van der Waals surface area contributed by atoms with Crippen molar-refractivity contribution in [2.75, 3.05) is 26.2 Å². The molecule has 120 valence electrons. The lowest BCUT2D eigenvalue weighted by atomic mass is 10.2. The van der Waals surface area contributed by atoms with E-state index < -0.39 is 0 Å². The molecule has 2 aromatic rings. The SMILES string of the molecule is CCCCc1noc(CN2CCN(Cc3cccs3)CC2)n1. The van der Waals surface area contributed by atoms with Gasteiger partial charge in [0.15, 0.2) is 5.82 Å². The van der Waals surface area contributed by atoms with E-state index >= 15 is 0 Å². The lowest BCUT2D eigenvalue weighted by Gasteiger charge is -2.33. The maximum absolute atomic E-state index is 5.36. The van der Waals surface area contributed by atoms with Gasteiger partial charge in [-0.25, -0.2) is 0 Å². The molecule has 0 saturated carbocycles. The van der Waals surface area contributed by atoms with Crippen molar-refractivity contribution in [3.05, 3.63) is 34.1 Å². The second-order valence-electron chi connectivity index (χ2n) is 5.84. The molecule has 5 nitrogen and oxygen atoms in total. The molecule has 0 N–H and O–H groups in total. The number of unbranched alkanes of at least 4 members (excludes halogenated alkanes) is 1. The van der Waals surface area contributed by atoms with E-state index in [1.807, 2.05) is 11.3 Å². The Balaban J connectivity index is 1.42. The van der Waals surface area contributed by atoms with Crippen molar-refractivity contribution >= 4 is 11.3 Å². The highest BCUT2D eigenvalue weighted by molar-refractivity contribution is 7.09. The normalized spacial score (nSPS) is 17.1. The molecule has 6 heteroatoms. The molecule has 3 rings (SSSR count). The van der Waals surface area contributed by atoms with Gasteiger partial charge in [0.1, 0.15) is 0 Å². The molecule has 0 atom stereocenters. The molecule has 22 heavy (non-hydrogen) atoms. The molecule has 2 aromatic heterocycles. The first kappa shape index (κ1) is 15.6. The van der Waals surface area contributed by atoms with Gasteiger partial charge in [0.25, 0.3) is 0 Å². The molecule has 0 aromatic carbocycles. The standard InChI is InChI=1S/C16H24N4OS/c1-2-3-6-15-17-16(21-18-15)13-20-9-7-19(8-10-20)12-14-5-4-11-22-14/h4-5,11H,2-3,6-10,12-13H2,1H3. The molecule has 0 unspecified atom stereocenters. The third-order valence-electron chi connectivity index (χ3n) is 4.05. The van der Waals surface area contributed by atoms with Crippen molar-refractivity contribution in [1.82, 2.24) is 19.9 Å². The quantitative estimate of drug-likeness (QED) is 0.785. The number of piperazine rings is 1. The zero-order chi connectivity index (χ0) is 15.2. The number of rotatable bonds is 7. The molecule has 1 aliphatic heterocycles. The molecular formula is C16H24N4OS. The summed E-state index contributed by atoms with van der Waals surface area (Å²) in [6.07, 6.45) is 3.21. The van der Waals surface area contributed by atoms with Crippen molar-refractivity contribution in [2.24, 2.45) is 0 Å². The number of thiophene rings is 1. The third-order valence-corrected chi connectivity index (χ3v) is 4.91. The number of aryl methyl sites for hydroxylation is 1. The van der Waals surface area contributed by atoms with Crippen LogP contribution in [0.1, 0.15) is 36.4 Å². The lowest BCUT2D eigenvalue weighted by Crippen LogP contribution is -2.45. The largest absolute Gasteiger partial charge is 0.338 e. The second-order valence-corrected chi connectivity index (χ2v) is 6.87. The van der Waals surface area contributed by atoms with E-state index in [2.05, 4.69) is 44.4 Å². The first-order valence-corrected chi connectivity index (χ1v) is 9.00. The predicted molar refractivity (Wildman–Crippen MR) is 87.8 cm³/mol. The van der Waals surface area contributed by atoms with E-state index in [4.69, 9.17) is 4.52 Å². The maximum Gasteiger partial charge on any atom is 0.240 e. The summed E-state index contributed by atoms with van der Waals surface area (Å²) in [6.45, 7) is 8.38. The van der Waals surface area contributed by atoms with Gasteiger partial charge in [-0.05, 0) is 17.9 Å². The van der Waals surface area contributed by atoms with E-state index in [0.717, 1.165) is 70.2 Å². The van der Waals surface area contributed by atoms with Gasteiger partial charge >= 0.3 is 0 Å². The summed E-state index contributed by atoms with van der Waals surface area (Å²) in [5, 5.41) is 6.21. The van der Waals surface area contributed by atoms with Crippen molar-refractivity contribution < 1.29 is 4.52 Å². The van der Waals surface area contributed by atoms with Crippen LogP contribution in [-0.4, -0.2) is 46.1 Å². The smallest absolute Gasteiger partial charge is 0.240 e. The lowest BCUT2D eigenvalue weighted by molar-refractivity contribution is 0.113. The summed E-state index contributed by atoms with van der Waals surface area (Å²) in [6, 6.07) is 4.34. The van der Waals surface area contributed by atoms with Gasteiger partial charge in [0.2, 0.25) is 5.89 Å². The Kier molecular flexibility index (Phi) is 5.58. The van der Waals surface area contributed by atoms with E-state index in [0.29, 0.717) is 0 Å². The Morgan fingerprint density at radius 2 is 1.95 bits per heavy atom. The first-order chi connectivity index (χ1) is 10.8. The molecular weight excluding hydrogens is 296 g/mol. The van der Waals surface area contributed by atoms with Gasteiger partial charge in [-0.3, -0.25) is 9.80 Å². The Bertz CT molecular complexity index is 546. The van der Waals surface area contributed by atoms with E-state index in [9.17, 15) is 0 Å². The topological polar surface area (TPSA) is 45.4 Å². The average Bonchev–Trinajstić information content (AvgIpc) is 3.19. The van der Waals surface area contributed by atoms with Crippen LogP contribution in [-0.2, 0) is 19.5 Å². The Hall–Kier alpha value is -1.24.